The summed E-state index contributed by atoms with van der Waals surface area (Å²) in [6, 6.07) is 9.30. The quantitative estimate of drug-likeness (QED) is 0.872. The Morgan fingerprint density at radius 2 is 1.82 bits per heavy atom. The largest absolute Gasteiger partial charge is 0.414 e. The molecule has 0 aromatic heterocycles. The molecule has 3 nitrogen and oxygen atoms in total. The average molecular weight is 313 g/mol. The highest BCUT2D eigenvalue weighted by molar-refractivity contribution is 5.91. The smallest absolute Gasteiger partial charge is 0.383 e. The number of hydrogen-bond donors (Lipinski definition) is 1. The number of rotatable bonds is 3. The highest BCUT2D eigenvalue weighted by Crippen LogP contribution is 2.31. The minimum atomic E-state index is -4.59. The fourth-order valence-electron chi connectivity index (χ4n) is 2.54. The van der Waals surface area contributed by atoms with E-state index in [0.29, 0.717) is 0 Å². The summed E-state index contributed by atoms with van der Waals surface area (Å²) in [5.74, 6) is -1.05. The van der Waals surface area contributed by atoms with E-state index < -0.39 is 18.2 Å². The molecule has 1 aromatic rings. The van der Waals surface area contributed by atoms with Crippen molar-refractivity contribution in [3.8, 4) is 0 Å². The van der Waals surface area contributed by atoms with E-state index in [0.717, 1.165) is 5.56 Å². The molecule has 120 valence electrons. The van der Waals surface area contributed by atoms with Gasteiger partial charge in [0.1, 0.15) is 0 Å². The van der Waals surface area contributed by atoms with Crippen LogP contribution in [0.15, 0.2) is 36.4 Å². The Kier molecular flexibility index (Phi) is 5.24. The SMILES string of the molecule is O=C(/C=C/c1ccccc1)N1CCC(C(O)C(F)(F)F)CC1. The van der Waals surface area contributed by atoms with Gasteiger partial charge < -0.3 is 10.0 Å². The molecule has 0 bridgehead atoms. The first-order valence-electron chi connectivity index (χ1n) is 7.15. The number of likely N-dealkylation sites (tertiary alicyclic amines) is 1. The number of benzene rings is 1. The molecule has 1 aliphatic heterocycles. The molecule has 1 saturated heterocycles. The van der Waals surface area contributed by atoms with E-state index in [1.807, 2.05) is 30.3 Å². The second kappa shape index (κ2) is 6.96. The summed E-state index contributed by atoms with van der Waals surface area (Å²) in [6.07, 6.45) is -3.47. The number of nitrogens with zero attached hydrogens (tertiary/aromatic N) is 1. The predicted octanol–water partition coefficient (Wildman–Crippen LogP) is 2.86. The topological polar surface area (TPSA) is 40.5 Å². The molecule has 1 atom stereocenters. The number of aliphatic hydroxyl groups excluding tert-OH is 1. The lowest BCUT2D eigenvalue weighted by atomic mass is 9.91. The highest BCUT2D eigenvalue weighted by Gasteiger charge is 2.44. The van der Waals surface area contributed by atoms with Crippen LogP contribution in [-0.2, 0) is 4.79 Å². The fourth-order valence-corrected chi connectivity index (χ4v) is 2.54. The van der Waals surface area contributed by atoms with Crippen LogP contribution in [0.1, 0.15) is 18.4 Å². The third-order valence-electron chi connectivity index (χ3n) is 3.85. The Hall–Kier alpha value is -1.82. The van der Waals surface area contributed by atoms with Crippen molar-refractivity contribution in [2.24, 2.45) is 5.92 Å². The van der Waals surface area contributed by atoms with Crippen molar-refractivity contribution >= 4 is 12.0 Å². The summed E-state index contributed by atoms with van der Waals surface area (Å²) in [5.41, 5.74) is 0.887. The Bertz CT molecular complexity index is 520. The lowest BCUT2D eigenvalue weighted by Crippen LogP contribution is -2.44. The summed E-state index contributed by atoms with van der Waals surface area (Å²) < 4.78 is 37.4. The number of carbonyl (C=O) groups excluding carboxylic acids is 1. The Labute approximate surface area is 127 Å². The third-order valence-corrected chi connectivity index (χ3v) is 3.85. The maximum absolute atomic E-state index is 12.5. The van der Waals surface area contributed by atoms with Crippen molar-refractivity contribution in [2.45, 2.75) is 25.1 Å². The van der Waals surface area contributed by atoms with Crippen LogP contribution in [0.5, 0.6) is 0 Å². The first-order chi connectivity index (χ1) is 10.4. The molecule has 0 saturated carbocycles. The van der Waals surface area contributed by atoms with Crippen molar-refractivity contribution in [1.29, 1.82) is 0 Å². The molecule has 0 aliphatic carbocycles. The number of hydrogen-bond acceptors (Lipinski definition) is 2. The summed E-state index contributed by atoms with van der Waals surface area (Å²) in [4.78, 5) is 13.5. The second-order valence-corrected chi connectivity index (χ2v) is 5.39. The van der Waals surface area contributed by atoms with Gasteiger partial charge in [0.05, 0.1) is 0 Å². The van der Waals surface area contributed by atoms with Gasteiger partial charge in [0.25, 0.3) is 0 Å². The van der Waals surface area contributed by atoms with Crippen molar-refractivity contribution < 1.29 is 23.1 Å². The Morgan fingerprint density at radius 3 is 2.36 bits per heavy atom. The van der Waals surface area contributed by atoms with Crippen molar-refractivity contribution in [3.63, 3.8) is 0 Å². The summed E-state index contributed by atoms with van der Waals surface area (Å²) in [6.45, 7) is 0.464. The molecule has 22 heavy (non-hydrogen) atoms. The van der Waals surface area contributed by atoms with Gasteiger partial charge in [0.2, 0.25) is 5.91 Å². The molecular weight excluding hydrogens is 295 g/mol. The van der Waals surface area contributed by atoms with E-state index >= 15 is 0 Å². The monoisotopic (exact) mass is 313 g/mol. The standard InChI is InChI=1S/C16H18F3NO2/c17-16(18,19)15(22)13-8-10-20(11-9-13)14(21)7-6-12-4-2-1-3-5-12/h1-7,13,15,22H,8-11H2/b7-6+. The molecular formula is C16H18F3NO2. The molecule has 1 fully saturated rings. The zero-order valence-corrected chi connectivity index (χ0v) is 12.0. The van der Waals surface area contributed by atoms with Crippen molar-refractivity contribution in [3.05, 3.63) is 42.0 Å². The molecule has 0 radical (unpaired) electrons. The van der Waals surface area contributed by atoms with Crippen LogP contribution >= 0.6 is 0 Å². The van der Waals surface area contributed by atoms with Gasteiger partial charge in [-0.2, -0.15) is 13.2 Å². The third kappa shape index (κ3) is 4.34. The first-order valence-corrected chi connectivity index (χ1v) is 7.15. The van der Waals surface area contributed by atoms with E-state index in [1.165, 1.54) is 11.0 Å². The van der Waals surface area contributed by atoms with Gasteiger partial charge in [-0.3, -0.25) is 4.79 Å². The molecule has 2 rings (SSSR count). The van der Waals surface area contributed by atoms with Gasteiger partial charge in [-0.15, -0.1) is 0 Å². The van der Waals surface area contributed by atoms with Gasteiger partial charge in [0.15, 0.2) is 6.10 Å². The molecule has 0 spiro atoms. The maximum Gasteiger partial charge on any atom is 0.414 e. The van der Waals surface area contributed by atoms with Gasteiger partial charge in [-0.25, -0.2) is 0 Å². The number of piperidine rings is 1. The summed E-state index contributed by atoms with van der Waals surface area (Å²) >= 11 is 0. The van der Waals surface area contributed by atoms with Crippen LogP contribution in [0.3, 0.4) is 0 Å². The lowest BCUT2D eigenvalue weighted by molar-refractivity contribution is -0.222. The summed E-state index contributed by atoms with van der Waals surface area (Å²) in [7, 11) is 0. The molecule has 1 heterocycles. The van der Waals surface area contributed by atoms with Crippen molar-refractivity contribution in [1.82, 2.24) is 4.90 Å². The lowest BCUT2D eigenvalue weighted by Gasteiger charge is -2.34. The number of aliphatic hydroxyl groups is 1. The van der Waals surface area contributed by atoms with Gasteiger partial charge in [-0.1, -0.05) is 30.3 Å². The van der Waals surface area contributed by atoms with Gasteiger partial charge in [0, 0.05) is 19.2 Å². The minimum absolute atomic E-state index is 0.158. The molecule has 6 heteroatoms. The molecule has 1 amide bonds. The highest BCUT2D eigenvalue weighted by atomic mass is 19.4. The van der Waals surface area contributed by atoms with Crippen LogP contribution in [0.2, 0.25) is 0 Å². The zero-order valence-electron chi connectivity index (χ0n) is 12.0. The van der Waals surface area contributed by atoms with E-state index in [-0.39, 0.29) is 31.8 Å². The van der Waals surface area contributed by atoms with E-state index in [4.69, 9.17) is 0 Å². The second-order valence-electron chi connectivity index (χ2n) is 5.39. The molecule has 1 unspecified atom stereocenters. The number of halogens is 3. The zero-order chi connectivity index (χ0) is 16.2. The number of carbonyl (C=O) groups is 1. The van der Waals surface area contributed by atoms with Gasteiger partial charge >= 0.3 is 6.18 Å². The van der Waals surface area contributed by atoms with Gasteiger partial charge in [-0.05, 0) is 30.4 Å². The predicted molar refractivity (Wildman–Crippen MR) is 76.8 cm³/mol. The van der Waals surface area contributed by atoms with E-state index in [9.17, 15) is 23.1 Å². The minimum Gasteiger partial charge on any atom is -0.383 e. The van der Waals surface area contributed by atoms with Crippen LogP contribution in [0, 0.1) is 5.92 Å². The van der Waals surface area contributed by atoms with Crippen LogP contribution in [-0.4, -0.2) is 41.3 Å². The van der Waals surface area contributed by atoms with E-state index in [2.05, 4.69) is 0 Å². The Balaban J connectivity index is 1.86. The number of alkyl halides is 3. The first kappa shape index (κ1) is 16.5. The van der Waals surface area contributed by atoms with Crippen LogP contribution in [0.4, 0.5) is 13.2 Å². The van der Waals surface area contributed by atoms with Crippen LogP contribution < -0.4 is 0 Å². The average Bonchev–Trinajstić information content (AvgIpc) is 2.52. The van der Waals surface area contributed by atoms with E-state index in [1.54, 1.807) is 6.08 Å². The molecule has 1 aromatic carbocycles. The number of amides is 1. The van der Waals surface area contributed by atoms with Crippen LogP contribution in [0.25, 0.3) is 6.08 Å². The van der Waals surface area contributed by atoms with Crippen molar-refractivity contribution in [2.75, 3.05) is 13.1 Å². The maximum atomic E-state index is 12.5. The molecule has 1 N–H and O–H groups in total. The normalized spacial score (nSPS) is 18.6. The summed E-state index contributed by atoms with van der Waals surface area (Å²) in [5, 5.41) is 9.24. The Morgan fingerprint density at radius 1 is 1.23 bits per heavy atom. The molecule has 1 aliphatic rings. The fraction of sp³-hybridized carbons (Fsp3) is 0.438.